The number of hydrogen-bond acceptors (Lipinski definition) is 2. The zero-order chi connectivity index (χ0) is 14.1. The second-order valence-electron chi connectivity index (χ2n) is 5.35. The third kappa shape index (κ3) is 2.55. The molecular formula is C17H19BrN2. The van der Waals surface area contributed by atoms with Crippen LogP contribution in [-0.2, 0) is 12.8 Å². The Morgan fingerprint density at radius 2 is 2.10 bits per heavy atom. The number of rotatable bonds is 3. The highest BCUT2D eigenvalue weighted by Crippen LogP contribution is 2.36. The molecule has 2 aromatic carbocycles. The van der Waals surface area contributed by atoms with E-state index < -0.39 is 0 Å². The van der Waals surface area contributed by atoms with E-state index in [2.05, 4.69) is 58.5 Å². The predicted octanol–water partition coefficient (Wildman–Crippen LogP) is 4.69. The van der Waals surface area contributed by atoms with Gasteiger partial charge in [-0.1, -0.05) is 28.9 Å². The van der Waals surface area contributed by atoms with E-state index in [1.54, 1.807) is 0 Å². The van der Waals surface area contributed by atoms with Crippen LogP contribution in [0.1, 0.15) is 36.1 Å². The fraction of sp³-hybridized carbons (Fsp3) is 0.294. The van der Waals surface area contributed by atoms with Gasteiger partial charge in [-0.15, -0.1) is 0 Å². The summed E-state index contributed by atoms with van der Waals surface area (Å²) in [5.41, 5.74) is 12.1. The largest absolute Gasteiger partial charge is 0.399 e. The van der Waals surface area contributed by atoms with E-state index in [-0.39, 0.29) is 0 Å². The average Bonchev–Trinajstić information content (AvgIpc) is 2.83. The first-order chi connectivity index (χ1) is 9.67. The minimum Gasteiger partial charge on any atom is -0.399 e. The van der Waals surface area contributed by atoms with E-state index >= 15 is 0 Å². The maximum absolute atomic E-state index is 5.87. The minimum absolute atomic E-state index is 0.400. The Labute approximate surface area is 128 Å². The Morgan fingerprint density at radius 1 is 1.25 bits per heavy atom. The van der Waals surface area contributed by atoms with Crippen LogP contribution in [-0.4, -0.2) is 0 Å². The average molecular weight is 331 g/mol. The molecule has 3 N–H and O–H groups in total. The van der Waals surface area contributed by atoms with Gasteiger partial charge in [0, 0.05) is 15.8 Å². The van der Waals surface area contributed by atoms with Crippen LogP contribution in [0.4, 0.5) is 11.4 Å². The second kappa shape index (κ2) is 5.49. The molecule has 0 spiro atoms. The summed E-state index contributed by atoms with van der Waals surface area (Å²) in [5.74, 6) is 0. The molecule has 0 amide bonds. The monoisotopic (exact) mass is 330 g/mol. The van der Waals surface area contributed by atoms with Crippen LogP contribution in [0.2, 0.25) is 0 Å². The maximum Gasteiger partial charge on any atom is 0.0519 e. The quantitative estimate of drug-likeness (QED) is 0.801. The Morgan fingerprint density at radius 3 is 2.90 bits per heavy atom. The topological polar surface area (TPSA) is 38.0 Å². The third-order valence-corrected chi connectivity index (χ3v) is 4.52. The smallest absolute Gasteiger partial charge is 0.0519 e. The molecule has 2 aromatic rings. The predicted molar refractivity (Wildman–Crippen MR) is 89.1 cm³/mol. The third-order valence-electron chi connectivity index (χ3n) is 4.02. The molecule has 0 radical (unpaired) electrons. The van der Waals surface area contributed by atoms with Crippen molar-refractivity contribution in [3.8, 4) is 0 Å². The molecule has 0 bridgehead atoms. The van der Waals surface area contributed by atoms with Crippen molar-refractivity contribution in [1.29, 1.82) is 0 Å². The molecule has 20 heavy (non-hydrogen) atoms. The molecule has 0 saturated carbocycles. The van der Waals surface area contributed by atoms with Crippen LogP contribution in [0.25, 0.3) is 0 Å². The second-order valence-corrected chi connectivity index (χ2v) is 6.26. The van der Waals surface area contributed by atoms with Crippen molar-refractivity contribution in [2.24, 2.45) is 0 Å². The SMILES string of the molecule is CCc1cc(Br)ccc1NC1CCc2cc(N)ccc21. The van der Waals surface area contributed by atoms with Crippen LogP contribution >= 0.6 is 15.9 Å². The number of nitrogens with two attached hydrogens (primary N) is 1. The lowest BCUT2D eigenvalue weighted by Gasteiger charge is -2.18. The fourth-order valence-electron chi connectivity index (χ4n) is 2.97. The normalized spacial score (nSPS) is 17.0. The number of nitrogen functional groups attached to an aromatic ring is 1. The molecule has 0 aromatic heterocycles. The van der Waals surface area contributed by atoms with Crippen molar-refractivity contribution in [3.63, 3.8) is 0 Å². The van der Waals surface area contributed by atoms with Crippen LogP contribution in [0.3, 0.4) is 0 Å². The number of nitrogens with one attached hydrogen (secondary N) is 1. The van der Waals surface area contributed by atoms with E-state index in [9.17, 15) is 0 Å². The van der Waals surface area contributed by atoms with Crippen molar-refractivity contribution in [1.82, 2.24) is 0 Å². The fourth-order valence-corrected chi connectivity index (χ4v) is 3.38. The molecule has 1 aliphatic carbocycles. The van der Waals surface area contributed by atoms with Crippen LogP contribution in [0, 0.1) is 0 Å². The number of aryl methyl sites for hydroxylation is 2. The zero-order valence-corrected chi connectivity index (χ0v) is 13.2. The first-order valence-corrected chi connectivity index (χ1v) is 7.90. The summed E-state index contributed by atoms with van der Waals surface area (Å²) in [7, 11) is 0. The van der Waals surface area contributed by atoms with E-state index in [4.69, 9.17) is 5.73 Å². The van der Waals surface area contributed by atoms with Gasteiger partial charge in [0.1, 0.15) is 0 Å². The summed E-state index contributed by atoms with van der Waals surface area (Å²) in [6, 6.07) is 13.1. The molecule has 0 heterocycles. The highest BCUT2D eigenvalue weighted by molar-refractivity contribution is 9.10. The number of hydrogen-bond donors (Lipinski definition) is 2. The molecule has 1 atom stereocenters. The Balaban J connectivity index is 1.87. The van der Waals surface area contributed by atoms with E-state index in [0.29, 0.717) is 6.04 Å². The van der Waals surface area contributed by atoms with Gasteiger partial charge in [-0.3, -0.25) is 0 Å². The lowest BCUT2D eigenvalue weighted by molar-refractivity contribution is 0.760. The molecular weight excluding hydrogens is 312 g/mol. The molecule has 0 fully saturated rings. The van der Waals surface area contributed by atoms with Crippen molar-refractivity contribution in [2.45, 2.75) is 32.2 Å². The lowest BCUT2D eigenvalue weighted by Crippen LogP contribution is -2.09. The number of halogens is 1. The Kier molecular flexibility index (Phi) is 3.70. The van der Waals surface area contributed by atoms with Crippen LogP contribution < -0.4 is 11.1 Å². The van der Waals surface area contributed by atoms with Gasteiger partial charge < -0.3 is 11.1 Å². The molecule has 1 unspecified atom stereocenters. The molecule has 0 aliphatic heterocycles. The molecule has 1 aliphatic rings. The molecule has 104 valence electrons. The van der Waals surface area contributed by atoms with Gasteiger partial charge in [0.05, 0.1) is 6.04 Å². The van der Waals surface area contributed by atoms with Gasteiger partial charge in [0.2, 0.25) is 0 Å². The summed E-state index contributed by atoms with van der Waals surface area (Å²) in [5, 5.41) is 3.70. The highest BCUT2D eigenvalue weighted by atomic mass is 79.9. The lowest BCUT2D eigenvalue weighted by atomic mass is 10.1. The Hall–Kier alpha value is -1.48. The van der Waals surface area contributed by atoms with E-state index in [0.717, 1.165) is 29.4 Å². The molecule has 3 heteroatoms. The number of fused-ring (bicyclic) bond motifs is 1. The first-order valence-electron chi connectivity index (χ1n) is 7.10. The van der Waals surface area contributed by atoms with Crippen molar-refractivity contribution < 1.29 is 0 Å². The first kappa shape index (κ1) is 13.5. The summed E-state index contributed by atoms with van der Waals surface area (Å²) in [6.07, 6.45) is 3.27. The summed E-state index contributed by atoms with van der Waals surface area (Å²) in [6.45, 7) is 2.19. The van der Waals surface area contributed by atoms with Crippen molar-refractivity contribution >= 4 is 27.3 Å². The van der Waals surface area contributed by atoms with Gasteiger partial charge in [-0.05, 0) is 66.3 Å². The summed E-state index contributed by atoms with van der Waals surface area (Å²) < 4.78 is 1.14. The Bertz CT molecular complexity index is 637. The molecule has 3 rings (SSSR count). The van der Waals surface area contributed by atoms with Crippen LogP contribution in [0.5, 0.6) is 0 Å². The van der Waals surface area contributed by atoms with Gasteiger partial charge in [0.25, 0.3) is 0 Å². The summed E-state index contributed by atoms with van der Waals surface area (Å²) in [4.78, 5) is 0. The standard InChI is InChI=1S/C17H19BrN2/c1-2-11-9-13(18)4-8-16(11)20-17-7-3-12-10-14(19)5-6-15(12)17/h4-6,8-10,17,20H,2-3,7,19H2,1H3. The number of anilines is 2. The van der Waals surface area contributed by atoms with Gasteiger partial charge in [-0.2, -0.15) is 0 Å². The molecule has 2 nitrogen and oxygen atoms in total. The minimum atomic E-state index is 0.400. The summed E-state index contributed by atoms with van der Waals surface area (Å²) >= 11 is 3.54. The van der Waals surface area contributed by atoms with Crippen molar-refractivity contribution in [2.75, 3.05) is 11.1 Å². The zero-order valence-electron chi connectivity index (χ0n) is 11.6. The van der Waals surface area contributed by atoms with E-state index in [1.807, 2.05) is 6.07 Å². The van der Waals surface area contributed by atoms with Crippen LogP contribution in [0.15, 0.2) is 40.9 Å². The van der Waals surface area contributed by atoms with E-state index in [1.165, 1.54) is 22.4 Å². The maximum atomic E-state index is 5.87. The van der Waals surface area contributed by atoms with Gasteiger partial charge in [0.15, 0.2) is 0 Å². The van der Waals surface area contributed by atoms with Gasteiger partial charge >= 0.3 is 0 Å². The number of benzene rings is 2. The molecule has 0 saturated heterocycles. The van der Waals surface area contributed by atoms with Gasteiger partial charge in [-0.25, -0.2) is 0 Å². The van der Waals surface area contributed by atoms with Crippen molar-refractivity contribution in [3.05, 3.63) is 57.6 Å². The highest BCUT2D eigenvalue weighted by Gasteiger charge is 2.22.